The first kappa shape index (κ1) is 21.0. The highest BCUT2D eigenvalue weighted by atomic mass is 32.1. The molecule has 0 saturated heterocycles. The molecule has 3 rings (SSSR count). The summed E-state index contributed by atoms with van der Waals surface area (Å²) >= 11 is 1.37. The molecule has 0 spiro atoms. The zero-order valence-electron chi connectivity index (χ0n) is 16.9. The third-order valence-corrected chi connectivity index (χ3v) is 5.09. The molecule has 7 nitrogen and oxygen atoms in total. The van der Waals surface area contributed by atoms with Crippen molar-refractivity contribution in [2.24, 2.45) is 5.92 Å². The van der Waals surface area contributed by atoms with Crippen molar-refractivity contribution in [2.75, 3.05) is 10.6 Å². The van der Waals surface area contributed by atoms with E-state index in [1.807, 2.05) is 11.5 Å². The third-order valence-electron chi connectivity index (χ3n) is 4.40. The van der Waals surface area contributed by atoms with Gasteiger partial charge in [-0.3, -0.25) is 15.4 Å². The lowest BCUT2D eigenvalue weighted by Crippen LogP contribution is -2.27. The van der Waals surface area contributed by atoms with Gasteiger partial charge in [-0.15, -0.1) is 11.3 Å². The van der Waals surface area contributed by atoms with Crippen molar-refractivity contribution < 1.29 is 14.3 Å². The van der Waals surface area contributed by atoms with E-state index in [-0.39, 0.29) is 5.91 Å². The Morgan fingerprint density at radius 2 is 1.93 bits per heavy atom. The van der Waals surface area contributed by atoms with Crippen LogP contribution in [0.4, 0.5) is 15.7 Å². The second-order valence-electron chi connectivity index (χ2n) is 7.98. The highest BCUT2D eigenvalue weighted by Gasteiger charge is 2.20. The van der Waals surface area contributed by atoms with Gasteiger partial charge in [-0.1, -0.05) is 18.9 Å². The average molecular weight is 415 g/mol. The standard InChI is InChI=1S/C21H26N4O3S/c1-21(2,3)28-20(27)24-17-9-8-15(13-23-17)16(12-14-6-4-5-7-14)18(26)25-19-22-10-11-29-19/h8-14H,4-7H2,1-3H3,(H,22,25,26)(H,23,24,27)/b16-12+. The second kappa shape index (κ2) is 9.17. The number of hydrogen-bond donors (Lipinski definition) is 2. The number of pyridine rings is 1. The molecule has 0 aliphatic heterocycles. The summed E-state index contributed by atoms with van der Waals surface area (Å²) in [6.07, 6.45) is 9.24. The van der Waals surface area contributed by atoms with Gasteiger partial charge in [-0.05, 0) is 51.7 Å². The van der Waals surface area contributed by atoms with E-state index >= 15 is 0 Å². The monoisotopic (exact) mass is 414 g/mol. The molecule has 0 aromatic carbocycles. The third kappa shape index (κ3) is 6.39. The van der Waals surface area contributed by atoms with Crippen LogP contribution < -0.4 is 10.6 Å². The molecule has 1 aliphatic rings. The van der Waals surface area contributed by atoms with Crippen molar-refractivity contribution in [2.45, 2.75) is 52.1 Å². The van der Waals surface area contributed by atoms with Crippen LogP contribution in [0.15, 0.2) is 36.0 Å². The van der Waals surface area contributed by atoms with Crippen molar-refractivity contribution in [3.63, 3.8) is 0 Å². The van der Waals surface area contributed by atoms with E-state index < -0.39 is 11.7 Å². The zero-order valence-corrected chi connectivity index (χ0v) is 17.7. The predicted octanol–water partition coefficient (Wildman–Crippen LogP) is 5.10. The van der Waals surface area contributed by atoms with Gasteiger partial charge in [0.25, 0.3) is 5.91 Å². The van der Waals surface area contributed by atoms with Crippen molar-refractivity contribution in [3.8, 4) is 0 Å². The summed E-state index contributed by atoms with van der Waals surface area (Å²) in [5.74, 6) is 0.539. The number of carbonyl (C=O) groups excluding carboxylic acids is 2. The van der Waals surface area contributed by atoms with E-state index in [9.17, 15) is 9.59 Å². The number of carbonyl (C=O) groups is 2. The number of thiazole rings is 1. The van der Waals surface area contributed by atoms with Crippen LogP contribution in [0.3, 0.4) is 0 Å². The molecule has 2 amide bonds. The Bertz CT molecular complexity index is 864. The van der Waals surface area contributed by atoms with Crippen molar-refractivity contribution in [1.82, 2.24) is 9.97 Å². The zero-order chi connectivity index (χ0) is 20.9. The molecule has 0 unspecified atom stereocenters. The number of ether oxygens (including phenoxy) is 1. The molecule has 1 aliphatic carbocycles. The summed E-state index contributed by atoms with van der Waals surface area (Å²) in [6.45, 7) is 5.39. The Morgan fingerprint density at radius 3 is 2.52 bits per heavy atom. The number of nitrogens with zero attached hydrogens (tertiary/aromatic N) is 2. The maximum Gasteiger partial charge on any atom is 0.413 e. The average Bonchev–Trinajstić information content (AvgIpc) is 3.32. The SMILES string of the molecule is CC(C)(C)OC(=O)Nc1ccc(/C(=C\C2CCCC2)C(=O)Nc2nccs2)cn1. The normalized spacial score (nSPS) is 15.2. The van der Waals surface area contributed by atoms with Crippen LogP contribution in [-0.2, 0) is 9.53 Å². The molecule has 2 heterocycles. The Hall–Kier alpha value is -2.74. The van der Waals surface area contributed by atoms with Crippen LogP contribution in [0, 0.1) is 5.92 Å². The second-order valence-corrected chi connectivity index (χ2v) is 8.87. The minimum Gasteiger partial charge on any atom is -0.444 e. The molecule has 2 N–H and O–H groups in total. The molecule has 2 aromatic heterocycles. The van der Waals surface area contributed by atoms with E-state index in [0.717, 1.165) is 12.8 Å². The largest absolute Gasteiger partial charge is 0.444 e. The number of anilines is 2. The Morgan fingerprint density at radius 1 is 1.17 bits per heavy atom. The Kier molecular flexibility index (Phi) is 6.64. The quantitative estimate of drug-likeness (QED) is 0.664. The van der Waals surface area contributed by atoms with Crippen LogP contribution >= 0.6 is 11.3 Å². The highest BCUT2D eigenvalue weighted by Crippen LogP contribution is 2.30. The van der Waals surface area contributed by atoms with Crippen molar-refractivity contribution in [3.05, 3.63) is 41.5 Å². The number of aromatic nitrogens is 2. The number of amides is 2. The van der Waals surface area contributed by atoms with Gasteiger partial charge in [0.15, 0.2) is 5.13 Å². The fourth-order valence-electron chi connectivity index (χ4n) is 3.15. The van der Waals surface area contributed by atoms with Gasteiger partial charge >= 0.3 is 6.09 Å². The molecule has 154 valence electrons. The van der Waals surface area contributed by atoms with Crippen LogP contribution in [0.2, 0.25) is 0 Å². The summed E-state index contributed by atoms with van der Waals surface area (Å²) in [4.78, 5) is 33.2. The summed E-state index contributed by atoms with van der Waals surface area (Å²) < 4.78 is 5.23. The lowest BCUT2D eigenvalue weighted by Gasteiger charge is -2.19. The van der Waals surface area contributed by atoms with Crippen LogP contribution in [-0.4, -0.2) is 27.6 Å². The van der Waals surface area contributed by atoms with E-state index in [1.165, 1.54) is 24.2 Å². The minimum atomic E-state index is -0.588. The van der Waals surface area contributed by atoms with Crippen molar-refractivity contribution >= 4 is 39.9 Å². The number of hydrogen-bond acceptors (Lipinski definition) is 6. The Labute approximate surface area is 174 Å². The molecule has 2 aromatic rings. The first-order valence-corrected chi connectivity index (χ1v) is 10.6. The van der Waals surface area contributed by atoms with Crippen LogP contribution in [0.5, 0.6) is 0 Å². The van der Waals surface area contributed by atoms with E-state index in [0.29, 0.717) is 28.0 Å². The molecule has 8 heteroatoms. The molecule has 0 radical (unpaired) electrons. The molecular weight excluding hydrogens is 388 g/mol. The molecule has 1 saturated carbocycles. The highest BCUT2D eigenvalue weighted by molar-refractivity contribution is 7.13. The topological polar surface area (TPSA) is 93.2 Å². The summed E-state index contributed by atoms with van der Waals surface area (Å²) in [5.41, 5.74) is 0.680. The molecule has 0 atom stereocenters. The molecular formula is C21H26N4O3S. The lowest BCUT2D eigenvalue weighted by molar-refractivity contribution is -0.111. The van der Waals surface area contributed by atoms with Crippen molar-refractivity contribution in [1.29, 1.82) is 0 Å². The van der Waals surface area contributed by atoms with Crippen LogP contribution in [0.25, 0.3) is 5.57 Å². The summed E-state index contributed by atoms with van der Waals surface area (Å²) in [5, 5.41) is 7.83. The maximum absolute atomic E-state index is 12.9. The first-order chi connectivity index (χ1) is 13.8. The summed E-state index contributed by atoms with van der Waals surface area (Å²) in [7, 11) is 0. The number of nitrogens with one attached hydrogen (secondary N) is 2. The van der Waals surface area contributed by atoms with E-state index in [2.05, 4.69) is 20.6 Å². The fourth-order valence-corrected chi connectivity index (χ4v) is 3.67. The molecule has 29 heavy (non-hydrogen) atoms. The molecule has 0 bridgehead atoms. The van der Waals surface area contributed by atoms with Gasteiger partial charge in [0.1, 0.15) is 11.4 Å². The first-order valence-electron chi connectivity index (χ1n) is 9.69. The number of rotatable bonds is 5. The minimum absolute atomic E-state index is 0.207. The Balaban J connectivity index is 1.76. The van der Waals surface area contributed by atoms with Gasteiger partial charge in [0.2, 0.25) is 0 Å². The smallest absolute Gasteiger partial charge is 0.413 e. The fraction of sp³-hybridized carbons (Fsp3) is 0.429. The molecule has 1 fully saturated rings. The van der Waals surface area contributed by atoms with Gasteiger partial charge in [-0.2, -0.15) is 0 Å². The van der Waals surface area contributed by atoms with Crippen LogP contribution in [0.1, 0.15) is 52.0 Å². The van der Waals surface area contributed by atoms with Gasteiger partial charge in [-0.25, -0.2) is 14.8 Å². The maximum atomic E-state index is 12.9. The predicted molar refractivity (Wildman–Crippen MR) is 115 cm³/mol. The lowest BCUT2D eigenvalue weighted by atomic mass is 9.99. The van der Waals surface area contributed by atoms with Gasteiger partial charge in [0, 0.05) is 28.9 Å². The number of allylic oxidation sites excluding steroid dienone is 1. The van der Waals surface area contributed by atoms with E-state index in [4.69, 9.17) is 4.74 Å². The summed E-state index contributed by atoms with van der Waals surface area (Å²) in [6, 6.07) is 3.44. The van der Waals surface area contributed by atoms with Gasteiger partial charge < -0.3 is 4.74 Å². The van der Waals surface area contributed by atoms with Gasteiger partial charge in [0.05, 0.1) is 0 Å². The van der Waals surface area contributed by atoms with E-state index in [1.54, 1.807) is 45.3 Å².